The zero-order chi connectivity index (χ0) is 27.0. The minimum atomic E-state index is -0.0985. The number of hydrogen-bond donors (Lipinski definition) is 1. The number of rotatable bonds is 18. The molecule has 1 rings (SSSR count). The van der Waals surface area contributed by atoms with Gasteiger partial charge in [-0.1, -0.05) is 149 Å². The summed E-state index contributed by atoms with van der Waals surface area (Å²) in [5, 5.41) is 11.3. The molecule has 36 heavy (non-hydrogen) atoms. The van der Waals surface area contributed by atoms with Crippen molar-refractivity contribution in [2.75, 3.05) is 5.75 Å². The second kappa shape index (κ2) is 17.5. The number of unbranched alkanes of at least 4 members (excludes halogenated alkanes) is 12. The summed E-state index contributed by atoms with van der Waals surface area (Å²) in [5.41, 5.74) is 3.12. The first-order valence-electron chi connectivity index (χ1n) is 15.0. The average Bonchev–Trinajstić information content (AvgIpc) is 2.79. The van der Waals surface area contributed by atoms with Crippen LogP contribution in [-0.2, 0) is 22.0 Å². The monoisotopic (exact) mass is 518 g/mol. The van der Waals surface area contributed by atoms with Gasteiger partial charge in [-0.3, -0.25) is 4.79 Å². The van der Waals surface area contributed by atoms with E-state index in [2.05, 4.69) is 60.6 Å². The van der Waals surface area contributed by atoms with Crippen LogP contribution in [0.25, 0.3) is 0 Å². The minimum Gasteiger partial charge on any atom is -0.507 e. The van der Waals surface area contributed by atoms with Crippen molar-refractivity contribution >= 4 is 16.9 Å². The zero-order valence-electron chi connectivity index (χ0n) is 24.9. The van der Waals surface area contributed by atoms with Gasteiger partial charge < -0.3 is 5.11 Å². The molecule has 2 nitrogen and oxygen atoms in total. The maximum Gasteiger partial charge on any atom is 0.188 e. The third-order valence-electron chi connectivity index (χ3n) is 7.14. The summed E-state index contributed by atoms with van der Waals surface area (Å²) in [4.78, 5) is 12.3. The summed E-state index contributed by atoms with van der Waals surface area (Å²) in [7, 11) is 0. The van der Waals surface area contributed by atoms with E-state index in [0.29, 0.717) is 10.9 Å². The fraction of sp³-hybridized carbons (Fsp3) is 0.788. The Labute approximate surface area is 228 Å². The molecule has 0 bridgehead atoms. The van der Waals surface area contributed by atoms with Crippen molar-refractivity contribution in [2.45, 2.75) is 162 Å². The van der Waals surface area contributed by atoms with E-state index in [1.807, 2.05) is 0 Å². The Bertz CT molecular complexity index is 704. The molecule has 0 aromatic heterocycles. The molecular formula is C33H58O2S. The van der Waals surface area contributed by atoms with E-state index in [4.69, 9.17) is 0 Å². The van der Waals surface area contributed by atoms with Gasteiger partial charge in [0.05, 0.1) is 0 Å². The lowest BCUT2D eigenvalue weighted by Crippen LogP contribution is -2.18. The molecule has 0 atom stereocenters. The van der Waals surface area contributed by atoms with E-state index in [9.17, 15) is 9.90 Å². The van der Waals surface area contributed by atoms with Crippen molar-refractivity contribution in [3.05, 3.63) is 28.8 Å². The lowest BCUT2D eigenvalue weighted by atomic mass is 9.78. The van der Waals surface area contributed by atoms with E-state index in [1.54, 1.807) is 0 Å². The lowest BCUT2D eigenvalue weighted by molar-refractivity contribution is -0.111. The fourth-order valence-electron chi connectivity index (χ4n) is 4.80. The first-order valence-corrected chi connectivity index (χ1v) is 16.0. The third-order valence-corrected chi connectivity index (χ3v) is 8.16. The number of carbonyl (C=O) groups is 1. The molecule has 1 aromatic carbocycles. The van der Waals surface area contributed by atoms with Gasteiger partial charge >= 0.3 is 0 Å². The van der Waals surface area contributed by atoms with E-state index in [-0.39, 0.29) is 10.8 Å². The highest BCUT2D eigenvalue weighted by molar-refractivity contribution is 8.13. The van der Waals surface area contributed by atoms with Crippen molar-refractivity contribution in [1.82, 2.24) is 0 Å². The molecule has 0 unspecified atom stereocenters. The molecule has 1 N–H and O–H groups in total. The zero-order valence-corrected chi connectivity index (χ0v) is 25.8. The second-order valence-corrected chi connectivity index (χ2v) is 14.0. The third kappa shape index (κ3) is 14.1. The number of thioether (sulfide) groups is 1. The van der Waals surface area contributed by atoms with Gasteiger partial charge in [0.15, 0.2) is 5.12 Å². The molecule has 0 aliphatic heterocycles. The molecule has 0 amide bonds. The molecule has 1 aromatic rings. The van der Waals surface area contributed by atoms with Crippen LogP contribution in [0.5, 0.6) is 5.75 Å². The predicted molar refractivity (Wildman–Crippen MR) is 162 cm³/mol. The molecule has 0 heterocycles. The van der Waals surface area contributed by atoms with Crippen LogP contribution in [0.2, 0.25) is 0 Å². The van der Waals surface area contributed by atoms with Crippen LogP contribution < -0.4 is 0 Å². The normalized spacial score (nSPS) is 12.3. The summed E-state index contributed by atoms with van der Waals surface area (Å²) < 4.78 is 0. The number of benzene rings is 1. The minimum absolute atomic E-state index is 0.0985. The second-order valence-electron chi connectivity index (χ2n) is 12.9. The molecule has 3 heteroatoms. The molecule has 0 aliphatic carbocycles. The summed E-state index contributed by atoms with van der Waals surface area (Å²) >= 11 is 1.51. The smallest absolute Gasteiger partial charge is 0.188 e. The van der Waals surface area contributed by atoms with Crippen molar-refractivity contribution in [1.29, 1.82) is 0 Å². The summed E-state index contributed by atoms with van der Waals surface area (Å²) in [6, 6.07) is 4.34. The molecule has 0 radical (unpaired) electrons. The molecule has 0 spiro atoms. The molecule has 0 saturated carbocycles. The maximum absolute atomic E-state index is 12.3. The van der Waals surface area contributed by atoms with Crippen LogP contribution in [0.4, 0.5) is 0 Å². The lowest BCUT2D eigenvalue weighted by Gasteiger charge is -2.28. The van der Waals surface area contributed by atoms with Gasteiger partial charge in [-0.05, 0) is 46.8 Å². The Hall–Kier alpha value is -0.960. The maximum atomic E-state index is 12.3. The van der Waals surface area contributed by atoms with Crippen LogP contribution in [0.15, 0.2) is 12.1 Å². The Morgan fingerprint density at radius 3 is 1.53 bits per heavy atom. The Morgan fingerprint density at radius 2 is 1.11 bits per heavy atom. The van der Waals surface area contributed by atoms with Gasteiger partial charge in [0.25, 0.3) is 0 Å². The number of carbonyl (C=O) groups excluding carboxylic acids is 1. The van der Waals surface area contributed by atoms with E-state index in [1.165, 1.54) is 94.4 Å². The topological polar surface area (TPSA) is 37.3 Å². The van der Waals surface area contributed by atoms with Crippen molar-refractivity contribution < 1.29 is 9.90 Å². The van der Waals surface area contributed by atoms with Gasteiger partial charge in [-0.25, -0.2) is 0 Å². The molecule has 0 aliphatic rings. The quantitative estimate of drug-likeness (QED) is 0.196. The van der Waals surface area contributed by atoms with E-state index >= 15 is 0 Å². The van der Waals surface area contributed by atoms with E-state index < -0.39 is 0 Å². The Balaban J connectivity index is 2.20. The van der Waals surface area contributed by atoms with Crippen LogP contribution in [0.1, 0.15) is 161 Å². The fourth-order valence-corrected chi connectivity index (χ4v) is 5.61. The van der Waals surface area contributed by atoms with Crippen molar-refractivity contribution in [2.24, 2.45) is 0 Å². The summed E-state index contributed by atoms with van der Waals surface area (Å²) in [6.07, 6.45) is 20.1. The van der Waals surface area contributed by atoms with Gasteiger partial charge in [-0.15, -0.1) is 0 Å². The Morgan fingerprint density at radius 1 is 0.694 bits per heavy atom. The highest BCUT2D eigenvalue weighted by Crippen LogP contribution is 2.40. The predicted octanol–water partition coefficient (Wildman–Crippen LogP) is 10.7. The standard InChI is InChI=1S/C33H58O2S/c1-8-9-10-11-12-13-14-15-16-17-18-19-20-23-30(34)36-24-21-22-27-25-28(32(2,3)4)31(35)29(26-27)33(5,6)7/h25-26,35H,8-24H2,1-7H3. The number of phenolic OH excluding ortho intramolecular Hbond substituents is 1. The number of aryl methyl sites for hydroxylation is 1. The average molecular weight is 519 g/mol. The molecule has 0 fully saturated rings. The molecular weight excluding hydrogens is 460 g/mol. The van der Waals surface area contributed by atoms with Gasteiger partial charge in [0.2, 0.25) is 0 Å². The van der Waals surface area contributed by atoms with Crippen LogP contribution in [-0.4, -0.2) is 16.0 Å². The molecule has 208 valence electrons. The largest absolute Gasteiger partial charge is 0.507 e. The summed E-state index contributed by atoms with van der Waals surface area (Å²) in [5.74, 6) is 1.33. The first-order chi connectivity index (χ1) is 17.0. The number of phenols is 1. The van der Waals surface area contributed by atoms with Crippen molar-refractivity contribution in [3.8, 4) is 5.75 Å². The SMILES string of the molecule is CCCCCCCCCCCCCCCC(=O)SCCCc1cc(C(C)(C)C)c(O)c(C(C)(C)C)c1. The van der Waals surface area contributed by atoms with Gasteiger partial charge in [0, 0.05) is 12.2 Å². The molecule has 0 saturated heterocycles. The first kappa shape index (κ1) is 33.1. The van der Waals surface area contributed by atoms with Crippen LogP contribution in [0.3, 0.4) is 0 Å². The van der Waals surface area contributed by atoms with Crippen molar-refractivity contribution in [3.63, 3.8) is 0 Å². The highest BCUT2D eigenvalue weighted by Gasteiger charge is 2.26. The number of hydrogen-bond acceptors (Lipinski definition) is 3. The highest BCUT2D eigenvalue weighted by atomic mass is 32.2. The van der Waals surface area contributed by atoms with Gasteiger partial charge in [0.1, 0.15) is 5.75 Å². The van der Waals surface area contributed by atoms with Crippen LogP contribution in [0, 0.1) is 0 Å². The summed E-state index contributed by atoms with van der Waals surface area (Å²) in [6.45, 7) is 15.2. The number of aromatic hydroxyl groups is 1. The van der Waals surface area contributed by atoms with Crippen LogP contribution >= 0.6 is 11.8 Å². The van der Waals surface area contributed by atoms with Gasteiger partial charge in [-0.2, -0.15) is 0 Å². The Kier molecular flexibility index (Phi) is 16.1. The van der Waals surface area contributed by atoms with E-state index in [0.717, 1.165) is 42.6 Å².